The van der Waals surface area contributed by atoms with Crippen molar-refractivity contribution in [3.8, 4) is 0 Å². The predicted octanol–water partition coefficient (Wildman–Crippen LogP) is 2.61. The van der Waals surface area contributed by atoms with Crippen LogP contribution in [0.4, 0.5) is 5.69 Å². The molecule has 5 nitrogen and oxygen atoms in total. The summed E-state index contributed by atoms with van der Waals surface area (Å²) < 4.78 is 0. The summed E-state index contributed by atoms with van der Waals surface area (Å²) in [4.78, 5) is 25.1. The lowest BCUT2D eigenvalue weighted by atomic mass is 10.1. The second kappa shape index (κ2) is 7.43. The molecule has 0 radical (unpaired) electrons. The molecule has 0 saturated carbocycles. The van der Waals surface area contributed by atoms with E-state index in [0.717, 1.165) is 19.3 Å². The number of carbonyl (C=O) groups is 2. The Balaban J connectivity index is 1.96. The summed E-state index contributed by atoms with van der Waals surface area (Å²) in [5.74, 6) is -1.05. The van der Waals surface area contributed by atoms with E-state index < -0.39 is 12.0 Å². The molecule has 1 aliphatic rings. The SMILES string of the molecule is O=C(CN1CCCCCC1C(=O)O)Nc1ccc(Cl)cc1. The maximum absolute atomic E-state index is 12.1. The zero-order valence-electron chi connectivity index (χ0n) is 11.7. The van der Waals surface area contributed by atoms with Gasteiger partial charge in [-0.05, 0) is 43.7 Å². The van der Waals surface area contributed by atoms with Gasteiger partial charge < -0.3 is 10.4 Å². The first kappa shape index (κ1) is 15.8. The molecule has 2 N–H and O–H groups in total. The Morgan fingerprint density at radius 1 is 1.24 bits per heavy atom. The minimum Gasteiger partial charge on any atom is -0.480 e. The van der Waals surface area contributed by atoms with Crippen LogP contribution in [-0.2, 0) is 9.59 Å². The van der Waals surface area contributed by atoms with Crippen LogP contribution in [0.15, 0.2) is 24.3 Å². The van der Waals surface area contributed by atoms with Crippen molar-refractivity contribution in [2.24, 2.45) is 0 Å². The summed E-state index contributed by atoms with van der Waals surface area (Å²) in [5, 5.41) is 12.6. The fourth-order valence-corrected chi connectivity index (χ4v) is 2.68. The van der Waals surface area contributed by atoms with Crippen LogP contribution in [0.1, 0.15) is 25.7 Å². The molecule has 0 bridgehead atoms. The highest BCUT2D eigenvalue weighted by atomic mass is 35.5. The molecule has 21 heavy (non-hydrogen) atoms. The molecule has 1 heterocycles. The molecule has 0 aliphatic carbocycles. The van der Waals surface area contributed by atoms with E-state index in [1.54, 1.807) is 29.2 Å². The summed E-state index contributed by atoms with van der Waals surface area (Å²) in [5.41, 5.74) is 0.658. The summed E-state index contributed by atoms with van der Waals surface area (Å²) in [6.07, 6.45) is 3.44. The average molecular weight is 311 g/mol. The minimum absolute atomic E-state index is 0.0968. The van der Waals surface area contributed by atoms with Gasteiger partial charge in [-0.15, -0.1) is 0 Å². The van der Waals surface area contributed by atoms with E-state index in [4.69, 9.17) is 11.6 Å². The van der Waals surface area contributed by atoms with Gasteiger partial charge >= 0.3 is 5.97 Å². The van der Waals surface area contributed by atoms with Crippen LogP contribution < -0.4 is 5.32 Å². The third-order valence-electron chi connectivity index (χ3n) is 3.62. The molecular weight excluding hydrogens is 292 g/mol. The molecule has 1 aliphatic heterocycles. The van der Waals surface area contributed by atoms with Crippen LogP contribution >= 0.6 is 11.6 Å². The number of anilines is 1. The standard InChI is InChI=1S/C15H19ClN2O3/c16-11-5-7-12(8-6-11)17-14(19)10-18-9-3-1-2-4-13(18)15(20)21/h5-8,13H,1-4,9-10H2,(H,17,19)(H,20,21). The normalized spacial score (nSPS) is 19.8. The quantitative estimate of drug-likeness (QED) is 0.897. The maximum Gasteiger partial charge on any atom is 0.320 e. The van der Waals surface area contributed by atoms with Gasteiger partial charge in [0.25, 0.3) is 0 Å². The van der Waals surface area contributed by atoms with Crippen LogP contribution in [-0.4, -0.2) is 41.0 Å². The maximum atomic E-state index is 12.1. The molecule has 114 valence electrons. The van der Waals surface area contributed by atoms with Crippen LogP contribution in [0, 0.1) is 0 Å². The minimum atomic E-state index is -0.851. The van der Waals surface area contributed by atoms with E-state index in [2.05, 4.69) is 5.32 Å². The number of hydrogen-bond acceptors (Lipinski definition) is 3. The monoisotopic (exact) mass is 310 g/mol. The van der Waals surface area contributed by atoms with E-state index in [-0.39, 0.29) is 12.5 Å². The van der Waals surface area contributed by atoms with E-state index in [0.29, 0.717) is 23.7 Å². The number of carboxylic acids is 1. The summed E-state index contributed by atoms with van der Waals surface area (Å²) in [6.45, 7) is 0.741. The largest absolute Gasteiger partial charge is 0.480 e. The van der Waals surface area contributed by atoms with Crippen molar-refractivity contribution in [2.45, 2.75) is 31.7 Å². The number of rotatable bonds is 4. The highest BCUT2D eigenvalue weighted by Crippen LogP contribution is 2.17. The zero-order chi connectivity index (χ0) is 15.2. The number of nitrogens with zero attached hydrogens (tertiary/aromatic N) is 1. The topological polar surface area (TPSA) is 69.6 Å². The molecule has 1 atom stereocenters. The van der Waals surface area contributed by atoms with Crippen molar-refractivity contribution in [1.29, 1.82) is 0 Å². The number of nitrogens with one attached hydrogen (secondary N) is 1. The molecular formula is C15H19ClN2O3. The number of amides is 1. The van der Waals surface area contributed by atoms with E-state index >= 15 is 0 Å². The number of aliphatic carboxylic acids is 1. The van der Waals surface area contributed by atoms with Gasteiger partial charge in [-0.1, -0.05) is 24.4 Å². The van der Waals surface area contributed by atoms with Crippen molar-refractivity contribution in [1.82, 2.24) is 4.90 Å². The summed E-state index contributed by atoms with van der Waals surface area (Å²) >= 11 is 5.79. The number of hydrogen-bond donors (Lipinski definition) is 2. The van der Waals surface area contributed by atoms with Crippen molar-refractivity contribution in [3.63, 3.8) is 0 Å². The van der Waals surface area contributed by atoms with Gasteiger partial charge in [0, 0.05) is 10.7 Å². The number of halogens is 1. The Kier molecular flexibility index (Phi) is 5.59. The number of carbonyl (C=O) groups excluding carboxylic acids is 1. The smallest absolute Gasteiger partial charge is 0.320 e. The molecule has 0 aromatic heterocycles. The first-order valence-electron chi connectivity index (χ1n) is 7.08. The van der Waals surface area contributed by atoms with Crippen molar-refractivity contribution < 1.29 is 14.7 Å². The third kappa shape index (κ3) is 4.72. The first-order valence-corrected chi connectivity index (χ1v) is 7.46. The second-order valence-electron chi connectivity index (χ2n) is 5.23. The first-order chi connectivity index (χ1) is 10.1. The molecule has 1 aromatic carbocycles. The molecule has 1 amide bonds. The van der Waals surface area contributed by atoms with Crippen molar-refractivity contribution in [2.75, 3.05) is 18.4 Å². The Hall–Kier alpha value is -1.59. The van der Waals surface area contributed by atoms with Crippen molar-refractivity contribution in [3.05, 3.63) is 29.3 Å². The molecule has 0 spiro atoms. The zero-order valence-corrected chi connectivity index (χ0v) is 12.5. The summed E-state index contributed by atoms with van der Waals surface area (Å²) in [7, 11) is 0. The molecule has 1 fully saturated rings. The molecule has 1 unspecified atom stereocenters. The third-order valence-corrected chi connectivity index (χ3v) is 3.88. The lowest BCUT2D eigenvalue weighted by Gasteiger charge is -2.25. The number of likely N-dealkylation sites (tertiary alicyclic amines) is 1. The van der Waals surface area contributed by atoms with Crippen LogP contribution in [0.5, 0.6) is 0 Å². The van der Waals surface area contributed by atoms with Gasteiger partial charge in [0.05, 0.1) is 6.54 Å². The van der Waals surface area contributed by atoms with Gasteiger partial charge in [-0.2, -0.15) is 0 Å². The molecule has 6 heteroatoms. The van der Waals surface area contributed by atoms with Crippen LogP contribution in [0.25, 0.3) is 0 Å². The van der Waals surface area contributed by atoms with Crippen LogP contribution in [0.3, 0.4) is 0 Å². The van der Waals surface area contributed by atoms with Gasteiger partial charge in [-0.25, -0.2) is 0 Å². The number of carboxylic acid groups (broad SMARTS) is 1. The van der Waals surface area contributed by atoms with E-state index in [9.17, 15) is 14.7 Å². The lowest BCUT2D eigenvalue weighted by molar-refractivity contribution is -0.143. The Morgan fingerprint density at radius 2 is 1.95 bits per heavy atom. The van der Waals surface area contributed by atoms with Gasteiger partial charge in [0.1, 0.15) is 6.04 Å². The number of benzene rings is 1. The highest BCUT2D eigenvalue weighted by molar-refractivity contribution is 6.30. The fraction of sp³-hybridized carbons (Fsp3) is 0.467. The van der Waals surface area contributed by atoms with Crippen molar-refractivity contribution >= 4 is 29.2 Å². The molecule has 1 saturated heterocycles. The Bertz CT molecular complexity index is 504. The summed E-state index contributed by atoms with van der Waals surface area (Å²) in [6, 6.07) is 6.27. The fourth-order valence-electron chi connectivity index (χ4n) is 2.55. The lowest BCUT2D eigenvalue weighted by Crippen LogP contribution is -2.44. The average Bonchev–Trinajstić information content (AvgIpc) is 2.67. The highest BCUT2D eigenvalue weighted by Gasteiger charge is 2.28. The molecule has 1 aromatic rings. The Morgan fingerprint density at radius 3 is 2.62 bits per heavy atom. The second-order valence-corrected chi connectivity index (χ2v) is 5.67. The van der Waals surface area contributed by atoms with Crippen LogP contribution in [0.2, 0.25) is 5.02 Å². The Labute approximate surface area is 128 Å². The molecule has 2 rings (SSSR count). The van der Waals surface area contributed by atoms with E-state index in [1.165, 1.54) is 0 Å². The van der Waals surface area contributed by atoms with E-state index in [1.807, 2.05) is 0 Å². The van der Waals surface area contributed by atoms with Gasteiger partial charge in [-0.3, -0.25) is 14.5 Å². The van der Waals surface area contributed by atoms with Gasteiger partial charge in [0.15, 0.2) is 0 Å². The predicted molar refractivity (Wildman–Crippen MR) is 81.5 cm³/mol. The van der Waals surface area contributed by atoms with Gasteiger partial charge in [0.2, 0.25) is 5.91 Å².